The summed E-state index contributed by atoms with van der Waals surface area (Å²) in [5.74, 6) is -0.248. The van der Waals surface area contributed by atoms with Gasteiger partial charge in [-0.1, -0.05) is 22.0 Å². The third-order valence-corrected chi connectivity index (χ3v) is 4.48. The molecule has 0 bridgehead atoms. The normalized spacial score (nSPS) is 11.3. The van der Waals surface area contributed by atoms with Crippen molar-refractivity contribution in [2.75, 3.05) is 10.6 Å². The molecule has 0 saturated carbocycles. The molecule has 1 aromatic heterocycles. The zero-order valence-corrected chi connectivity index (χ0v) is 16.7. The molecule has 0 radical (unpaired) electrons. The minimum Gasteiger partial charge on any atom is -0.340 e. The molecule has 0 aliphatic rings. The van der Waals surface area contributed by atoms with E-state index in [0.717, 1.165) is 14.2 Å². The first kappa shape index (κ1) is 18.9. The predicted octanol–water partition coefficient (Wildman–Crippen LogP) is 6.35. The molecule has 0 atom stereocenters. The van der Waals surface area contributed by atoms with E-state index in [1.165, 1.54) is 0 Å². The number of aromatic nitrogens is 2. The Hall–Kier alpha value is -1.88. The number of hydrogen-bond acceptors (Lipinski definition) is 4. The van der Waals surface area contributed by atoms with Crippen molar-refractivity contribution in [1.82, 2.24) is 9.97 Å². The molecular weight excluding hydrogens is 524 g/mol. The number of alkyl halides is 3. The first-order chi connectivity index (χ1) is 12.3. The van der Waals surface area contributed by atoms with Crippen LogP contribution in [0.15, 0.2) is 59.2 Å². The first-order valence-electron chi connectivity index (χ1n) is 7.31. The molecule has 26 heavy (non-hydrogen) atoms. The Labute approximate surface area is 169 Å². The first-order valence-corrected chi connectivity index (χ1v) is 9.18. The van der Waals surface area contributed by atoms with Crippen LogP contribution in [-0.2, 0) is 6.18 Å². The zero-order valence-electron chi connectivity index (χ0n) is 13.0. The molecule has 9 heteroatoms. The Morgan fingerprint density at radius 2 is 1.69 bits per heavy atom. The highest BCUT2D eigenvalue weighted by Crippen LogP contribution is 2.35. The van der Waals surface area contributed by atoms with Gasteiger partial charge in [-0.3, -0.25) is 0 Å². The van der Waals surface area contributed by atoms with Crippen molar-refractivity contribution in [3.8, 4) is 0 Å². The van der Waals surface area contributed by atoms with Gasteiger partial charge in [0, 0.05) is 25.6 Å². The van der Waals surface area contributed by atoms with Crippen LogP contribution in [0.1, 0.15) is 5.56 Å². The molecule has 0 unspecified atom stereocenters. The van der Waals surface area contributed by atoms with E-state index in [0.29, 0.717) is 11.4 Å². The van der Waals surface area contributed by atoms with Gasteiger partial charge in [0.1, 0.15) is 11.4 Å². The van der Waals surface area contributed by atoms with E-state index in [4.69, 9.17) is 0 Å². The summed E-state index contributed by atoms with van der Waals surface area (Å²) >= 11 is 5.41. The van der Waals surface area contributed by atoms with Crippen LogP contribution >= 0.6 is 38.5 Å². The fraction of sp³-hybridized carbons (Fsp3) is 0.0588. The van der Waals surface area contributed by atoms with Crippen molar-refractivity contribution in [2.45, 2.75) is 6.18 Å². The standard InChI is InChI=1S/C17H11BrF3IN4/c18-10-4-6-12(7-5-10)25-16-23-9-14(17(19,20)21)15(26-16)24-13-3-1-2-11(22)8-13/h1-9H,(H2,23,24,25,26). The summed E-state index contributed by atoms with van der Waals surface area (Å²) < 4.78 is 41.6. The van der Waals surface area contributed by atoms with E-state index in [2.05, 4.69) is 59.1 Å². The third-order valence-electron chi connectivity index (χ3n) is 3.28. The van der Waals surface area contributed by atoms with E-state index in [1.807, 2.05) is 6.07 Å². The van der Waals surface area contributed by atoms with Crippen LogP contribution in [0.3, 0.4) is 0 Å². The molecule has 2 aromatic carbocycles. The lowest BCUT2D eigenvalue weighted by atomic mass is 10.2. The summed E-state index contributed by atoms with van der Waals surface area (Å²) in [7, 11) is 0. The lowest BCUT2D eigenvalue weighted by Gasteiger charge is -2.15. The maximum absolute atomic E-state index is 13.3. The van der Waals surface area contributed by atoms with E-state index in [-0.39, 0.29) is 11.8 Å². The quantitative estimate of drug-likeness (QED) is 0.383. The number of rotatable bonds is 4. The molecule has 134 valence electrons. The van der Waals surface area contributed by atoms with Crippen LogP contribution in [-0.4, -0.2) is 9.97 Å². The molecule has 0 aliphatic carbocycles. The number of nitrogens with zero attached hydrogens (tertiary/aromatic N) is 2. The highest BCUT2D eigenvalue weighted by atomic mass is 127. The summed E-state index contributed by atoms with van der Waals surface area (Å²) in [6, 6.07) is 14.1. The van der Waals surface area contributed by atoms with Crippen molar-refractivity contribution < 1.29 is 13.2 Å². The van der Waals surface area contributed by atoms with Crippen molar-refractivity contribution >= 4 is 61.7 Å². The molecule has 2 N–H and O–H groups in total. The van der Waals surface area contributed by atoms with Crippen LogP contribution in [0.5, 0.6) is 0 Å². The van der Waals surface area contributed by atoms with Gasteiger partial charge in [-0.05, 0) is 65.1 Å². The van der Waals surface area contributed by atoms with Crippen LogP contribution in [0.2, 0.25) is 0 Å². The second kappa shape index (κ2) is 7.78. The minimum atomic E-state index is -4.57. The minimum absolute atomic E-state index is 0.0634. The maximum atomic E-state index is 13.3. The van der Waals surface area contributed by atoms with E-state index in [1.54, 1.807) is 42.5 Å². The van der Waals surface area contributed by atoms with Gasteiger partial charge in [0.15, 0.2) is 0 Å². The lowest BCUT2D eigenvalue weighted by molar-refractivity contribution is -0.137. The summed E-state index contributed by atoms with van der Waals surface area (Å²) in [4.78, 5) is 7.80. The lowest BCUT2D eigenvalue weighted by Crippen LogP contribution is -2.12. The molecule has 0 fully saturated rings. The Morgan fingerprint density at radius 3 is 2.35 bits per heavy atom. The molecule has 3 aromatic rings. The largest absolute Gasteiger partial charge is 0.421 e. The van der Waals surface area contributed by atoms with E-state index in [9.17, 15) is 13.2 Å². The SMILES string of the molecule is FC(F)(F)c1cnc(Nc2ccc(Br)cc2)nc1Nc1cccc(I)c1. The third kappa shape index (κ3) is 4.85. The second-order valence-electron chi connectivity index (χ2n) is 5.22. The summed E-state index contributed by atoms with van der Waals surface area (Å²) in [5.41, 5.74) is 0.238. The topological polar surface area (TPSA) is 49.8 Å². The second-order valence-corrected chi connectivity index (χ2v) is 7.38. The van der Waals surface area contributed by atoms with Gasteiger partial charge in [-0.2, -0.15) is 18.2 Å². The number of benzene rings is 2. The van der Waals surface area contributed by atoms with Gasteiger partial charge in [0.05, 0.1) is 0 Å². The van der Waals surface area contributed by atoms with Gasteiger partial charge in [0.2, 0.25) is 5.95 Å². The molecule has 0 amide bonds. The summed E-state index contributed by atoms with van der Waals surface area (Å²) in [6.45, 7) is 0. The van der Waals surface area contributed by atoms with E-state index >= 15 is 0 Å². The molecule has 0 spiro atoms. The number of nitrogens with one attached hydrogen (secondary N) is 2. The highest BCUT2D eigenvalue weighted by molar-refractivity contribution is 14.1. The molecular formula is C17H11BrF3IN4. The van der Waals surface area contributed by atoms with Gasteiger partial charge in [0.25, 0.3) is 0 Å². The maximum Gasteiger partial charge on any atom is 0.421 e. The Kier molecular flexibility index (Phi) is 5.66. The van der Waals surface area contributed by atoms with Gasteiger partial charge >= 0.3 is 6.18 Å². The van der Waals surface area contributed by atoms with Crippen molar-refractivity contribution in [2.24, 2.45) is 0 Å². The molecule has 1 heterocycles. The van der Waals surface area contributed by atoms with Crippen LogP contribution in [0.4, 0.5) is 36.3 Å². The van der Waals surface area contributed by atoms with Crippen molar-refractivity contribution in [3.63, 3.8) is 0 Å². The summed E-state index contributed by atoms with van der Waals surface area (Å²) in [5, 5.41) is 5.63. The Balaban J connectivity index is 1.94. The Bertz CT molecular complexity index is 917. The molecule has 4 nitrogen and oxygen atoms in total. The van der Waals surface area contributed by atoms with Crippen molar-refractivity contribution in [3.05, 3.63) is 68.3 Å². The van der Waals surface area contributed by atoms with Gasteiger partial charge < -0.3 is 10.6 Å². The van der Waals surface area contributed by atoms with Crippen LogP contribution < -0.4 is 10.6 Å². The van der Waals surface area contributed by atoms with Crippen LogP contribution in [0.25, 0.3) is 0 Å². The van der Waals surface area contributed by atoms with Crippen molar-refractivity contribution in [1.29, 1.82) is 0 Å². The highest BCUT2D eigenvalue weighted by Gasteiger charge is 2.35. The van der Waals surface area contributed by atoms with E-state index < -0.39 is 11.7 Å². The van der Waals surface area contributed by atoms with Gasteiger partial charge in [-0.25, -0.2) is 4.98 Å². The zero-order chi connectivity index (χ0) is 18.7. The fourth-order valence-electron chi connectivity index (χ4n) is 2.11. The number of anilines is 4. The number of hydrogen-bond donors (Lipinski definition) is 2. The van der Waals surface area contributed by atoms with Gasteiger partial charge in [-0.15, -0.1) is 0 Å². The summed E-state index contributed by atoms with van der Waals surface area (Å²) in [6.07, 6.45) is -3.80. The number of halogens is 5. The predicted molar refractivity (Wildman–Crippen MR) is 107 cm³/mol. The average Bonchev–Trinajstić information content (AvgIpc) is 2.56. The monoisotopic (exact) mass is 534 g/mol. The molecule has 0 aliphatic heterocycles. The molecule has 0 saturated heterocycles. The fourth-order valence-corrected chi connectivity index (χ4v) is 2.92. The van der Waals surface area contributed by atoms with Crippen LogP contribution in [0, 0.1) is 3.57 Å². The smallest absolute Gasteiger partial charge is 0.340 e. The Morgan fingerprint density at radius 1 is 0.962 bits per heavy atom. The molecule has 3 rings (SSSR count). The average molecular weight is 535 g/mol.